The maximum atomic E-state index is 13.4. The number of hydrogen-bond acceptors (Lipinski definition) is 4. The summed E-state index contributed by atoms with van der Waals surface area (Å²) < 4.78 is 5.74. The van der Waals surface area contributed by atoms with Gasteiger partial charge in [-0.1, -0.05) is 39.8 Å². The molecule has 1 aromatic heterocycles. The molecular formula is C23H26N2O3. The van der Waals surface area contributed by atoms with Crippen molar-refractivity contribution in [2.45, 2.75) is 46.6 Å². The van der Waals surface area contributed by atoms with Crippen LogP contribution in [0.15, 0.2) is 58.3 Å². The van der Waals surface area contributed by atoms with E-state index in [0.29, 0.717) is 17.8 Å². The number of Topliss-reactive ketones (excluding diaryl/α,β-unsaturated/α-hetero) is 1. The van der Waals surface area contributed by atoms with E-state index in [-0.39, 0.29) is 23.0 Å². The van der Waals surface area contributed by atoms with Crippen LogP contribution in [0.4, 0.5) is 11.4 Å². The fourth-order valence-electron chi connectivity index (χ4n) is 4.22. The van der Waals surface area contributed by atoms with E-state index in [4.69, 9.17) is 4.42 Å². The maximum absolute atomic E-state index is 13.4. The number of rotatable bonds is 2. The maximum Gasteiger partial charge on any atom is 0.230 e. The highest BCUT2D eigenvalue weighted by Crippen LogP contribution is 2.48. The first-order chi connectivity index (χ1) is 13.3. The Bertz CT molecular complexity index is 954. The molecule has 4 rings (SSSR count). The zero-order valence-electron chi connectivity index (χ0n) is 16.8. The minimum absolute atomic E-state index is 0.0398. The Kier molecular flexibility index (Phi) is 4.41. The highest BCUT2D eigenvalue weighted by atomic mass is 16.3. The fraction of sp³-hybridized carbons (Fsp3) is 0.391. The van der Waals surface area contributed by atoms with Crippen molar-refractivity contribution in [3.63, 3.8) is 0 Å². The summed E-state index contributed by atoms with van der Waals surface area (Å²) in [6.45, 7) is 7.96. The predicted octanol–water partition coefficient (Wildman–Crippen LogP) is 5.08. The van der Waals surface area contributed by atoms with Gasteiger partial charge in [-0.05, 0) is 36.1 Å². The molecule has 2 aromatic rings. The largest absolute Gasteiger partial charge is 0.467 e. The first kappa shape index (κ1) is 18.5. The van der Waals surface area contributed by atoms with Crippen LogP contribution in [0, 0.1) is 11.3 Å². The Hall–Kier alpha value is -2.82. The minimum Gasteiger partial charge on any atom is -0.467 e. The van der Waals surface area contributed by atoms with Crippen LogP contribution in [0.5, 0.6) is 0 Å². The Balaban J connectivity index is 2.00. The lowest BCUT2D eigenvalue weighted by Crippen LogP contribution is -2.41. The van der Waals surface area contributed by atoms with Crippen LogP contribution in [0.1, 0.15) is 52.3 Å². The SMILES string of the molecule is CC(C)C(=O)N1c2ccccc2NC2=C(C(=O)CC(C)(C)C2)C1c1ccco1. The number of fused-ring (bicyclic) bond motifs is 1. The monoisotopic (exact) mass is 378 g/mol. The summed E-state index contributed by atoms with van der Waals surface area (Å²) in [5, 5.41) is 3.49. The number of anilines is 2. The van der Waals surface area contributed by atoms with Crippen LogP contribution in [-0.4, -0.2) is 11.7 Å². The lowest BCUT2D eigenvalue weighted by molar-refractivity contribution is -0.122. The average molecular weight is 378 g/mol. The van der Waals surface area contributed by atoms with Crippen molar-refractivity contribution >= 4 is 23.1 Å². The Labute approximate surface area is 165 Å². The van der Waals surface area contributed by atoms with Crippen molar-refractivity contribution in [3.05, 3.63) is 59.7 Å². The molecule has 146 valence electrons. The van der Waals surface area contributed by atoms with E-state index < -0.39 is 6.04 Å². The highest BCUT2D eigenvalue weighted by Gasteiger charge is 2.44. The van der Waals surface area contributed by atoms with Crippen LogP contribution < -0.4 is 10.2 Å². The number of hydrogen-bond donors (Lipinski definition) is 1. The molecule has 0 fully saturated rings. The molecule has 1 aliphatic heterocycles. The third-order valence-electron chi connectivity index (χ3n) is 5.44. The summed E-state index contributed by atoms with van der Waals surface area (Å²) in [6, 6.07) is 10.8. The third kappa shape index (κ3) is 3.05. The third-order valence-corrected chi connectivity index (χ3v) is 5.44. The van der Waals surface area contributed by atoms with Gasteiger partial charge >= 0.3 is 0 Å². The van der Waals surface area contributed by atoms with E-state index in [9.17, 15) is 9.59 Å². The molecule has 5 heteroatoms. The Morgan fingerprint density at radius 1 is 1.18 bits per heavy atom. The van der Waals surface area contributed by atoms with Gasteiger partial charge in [-0.25, -0.2) is 0 Å². The lowest BCUT2D eigenvalue weighted by atomic mass is 9.74. The summed E-state index contributed by atoms with van der Waals surface area (Å²) in [5.41, 5.74) is 2.99. The second kappa shape index (κ2) is 6.66. The molecule has 2 heterocycles. The van der Waals surface area contributed by atoms with Crippen LogP contribution in [0.2, 0.25) is 0 Å². The second-order valence-electron chi connectivity index (χ2n) is 8.76. The number of nitrogens with zero attached hydrogens (tertiary/aromatic N) is 1. The molecule has 1 unspecified atom stereocenters. The molecule has 0 saturated heterocycles. The van der Waals surface area contributed by atoms with Crippen molar-refractivity contribution in [2.24, 2.45) is 11.3 Å². The van der Waals surface area contributed by atoms with Gasteiger partial charge in [-0.3, -0.25) is 14.5 Å². The smallest absolute Gasteiger partial charge is 0.230 e. The molecule has 1 atom stereocenters. The normalized spacial score (nSPS) is 21.1. The van der Waals surface area contributed by atoms with Gasteiger partial charge in [-0.2, -0.15) is 0 Å². The van der Waals surface area contributed by atoms with Gasteiger partial charge in [0.25, 0.3) is 0 Å². The number of para-hydroxylation sites is 2. The molecule has 0 spiro atoms. The molecule has 28 heavy (non-hydrogen) atoms. The van der Waals surface area contributed by atoms with E-state index in [1.165, 1.54) is 0 Å². The minimum atomic E-state index is -0.570. The van der Waals surface area contributed by atoms with Crippen molar-refractivity contribution in [2.75, 3.05) is 10.2 Å². The van der Waals surface area contributed by atoms with E-state index in [1.54, 1.807) is 17.2 Å². The molecule has 5 nitrogen and oxygen atoms in total. The van der Waals surface area contributed by atoms with Gasteiger partial charge in [0.1, 0.15) is 11.8 Å². The number of amides is 1. The molecule has 1 aromatic carbocycles. The molecule has 1 aliphatic carbocycles. The van der Waals surface area contributed by atoms with E-state index in [2.05, 4.69) is 19.2 Å². The van der Waals surface area contributed by atoms with Crippen molar-refractivity contribution in [3.8, 4) is 0 Å². The molecule has 2 aliphatic rings. The molecule has 0 bridgehead atoms. The average Bonchev–Trinajstić information content (AvgIpc) is 3.09. The summed E-state index contributed by atoms with van der Waals surface area (Å²) in [6.07, 6.45) is 2.78. The number of furan rings is 1. The van der Waals surface area contributed by atoms with Crippen molar-refractivity contribution < 1.29 is 14.0 Å². The number of benzene rings is 1. The summed E-state index contributed by atoms with van der Waals surface area (Å²) in [4.78, 5) is 28.4. The topological polar surface area (TPSA) is 62.6 Å². The van der Waals surface area contributed by atoms with E-state index in [0.717, 1.165) is 23.5 Å². The summed E-state index contributed by atoms with van der Waals surface area (Å²) in [7, 11) is 0. The number of nitrogens with one attached hydrogen (secondary N) is 1. The quantitative estimate of drug-likeness (QED) is 0.792. The van der Waals surface area contributed by atoms with Gasteiger partial charge in [0, 0.05) is 23.6 Å². The fourth-order valence-corrected chi connectivity index (χ4v) is 4.22. The van der Waals surface area contributed by atoms with E-state index >= 15 is 0 Å². The lowest BCUT2D eigenvalue weighted by Gasteiger charge is -2.36. The molecule has 1 amide bonds. The number of ketones is 1. The predicted molar refractivity (Wildman–Crippen MR) is 109 cm³/mol. The number of allylic oxidation sites excluding steroid dienone is 1. The van der Waals surface area contributed by atoms with Gasteiger partial charge in [0.15, 0.2) is 5.78 Å². The van der Waals surface area contributed by atoms with Crippen LogP contribution in [0.25, 0.3) is 0 Å². The van der Waals surface area contributed by atoms with Gasteiger partial charge < -0.3 is 9.73 Å². The summed E-state index contributed by atoms with van der Waals surface area (Å²) in [5.74, 6) is 0.410. The van der Waals surface area contributed by atoms with Gasteiger partial charge in [0.05, 0.1) is 17.6 Å². The van der Waals surface area contributed by atoms with Gasteiger partial charge in [-0.15, -0.1) is 0 Å². The molecule has 1 N–H and O–H groups in total. The van der Waals surface area contributed by atoms with Crippen molar-refractivity contribution in [1.82, 2.24) is 0 Å². The first-order valence-corrected chi connectivity index (χ1v) is 9.77. The zero-order chi connectivity index (χ0) is 20.1. The summed E-state index contributed by atoms with van der Waals surface area (Å²) >= 11 is 0. The molecular weight excluding hydrogens is 352 g/mol. The van der Waals surface area contributed by atoms with Crippen molar-refractivity contribution in [1.29, 1.82) is 0 Å². The first-order valence-electron chi connectivity index (χ1n) is 9.77. The standard InChI is InChI=1S/C23H26N2O3/c1-14(2)22(27)25-17-9-6-5-8-15(17)24-16-12-23(3,4)13-18(26)20(16)21(25)19-10-7-11-28-19/h5-11,14,21,24H,12-13H2,1-4H3. The molecule has 0 saturated carbocycles. The van der Waals surface area contributed by atoms with Crippen LogP contribution in [0.3, 0.4) is 0 Å². The molecule has 0 radical (unpaired) electrons. The van der Waals surface area contributed by atoms with Crippen LogP contribution >= 0.6 is 0 Å². The number of carbonyl (C=O) groups is 2. The second-order valence-corrected chi connectivity index (χ2v) is 8.76. The zero-order valence-corrected chi connectivity index (χ0v) is 16.8. The Morgan fingerprint density at radius 2 is 1.93 bits per heavy atom. The van der Waals surface area contributed by atoms with Gasteiger partial charge in [0.2, 0.25) is 5.91 Å². The Morgan fingerprint density at radius 3 is 2.61 bits per heavy atom. The highest BCUT2D eigenvalue weighted by molar-refractivity contribution is 6.06. The number of carbonyl (C=O) groups excluding carboxylic acids is 2. The van der Waals surface area contributed by atoms with Crippen LogP contribution in [-0.2, 0) is 9.59 Å². The van der Waals surface area contributed by atoms with E-state index in [1.807, 2.05) is 44.2 Å².